The van der Waals surface area contributed by atoms with Gasteiger partial charge in [-0.25, -0.2) is 45.5 Å². The Balaban J connectivity index is 0.000000665. The van der Waals surface area contributed by atoms with Gasteiger partial charge in [-0.15, -0.1) is 0 Å². The van der Waals surface area contributed by atoms with E-state index >= 15 is 0 Å². The van der Waals surface area contributed by atoms with Gasteiger partial charge in [0.05, 0.1) is 76.5 Å². The molecule has 9 rings (SSSR count). The molecule has 3 aromatic carbocycles. The number of halogens is 8. The van der Waals surface area contributed by atoms with Crippen LogP contribution in [0.3, 0.4) is 0 Å². The number of hydrogen-bond donors (Lipinski definition) is 5. The number of nitrogens with one attached hydrogen (secondary N) is 3. The van der Waals surface area contributed by atoms with Crippen molar-refractivity contribution in [3.8, 4) is 33.8 Å². The first kappa shape index (κ1) is 84.7. The van der Waals surface area contributed by atoms with Crippen molar-refractivity contribution in [2.24, 2.45) is 22.0 Å². The van der Waals surface area contributed by atoms with Gasteiger partial charge in [-0.1, -0.05) is 69.7 Å². The molecule has 6 heterocycles. The molecule has 0 saturated carbocycles. The topological polar surface area (TPSA) is 286 Å². The van der Waals surface area contributed by atoms with Gasteiger partial charge in [0.2, 0.25) is 0 Å². The first-order chi connectivity index (χ1) is 45.1. The fourth-order valence-electron chi connectivity index (χ4n) is 9.28. The number of benzene rings is 3. The average Bonchev–Trinajstić information content (AvgIpc) is 1.63. The van der Waals surface area contributed by atoms with Crippen molar-refractivity contribution in [3.05, 3.63) is 130 Å². The number of nitrogens with two attached hydrogens (primary N) is 1. The molecule has 0 spiro atoms. The molecule has 1 radical (unpaired) electrons. The van der Waals surface area contributed by atoms with E-state index < -0.39 is 99.1 Å². The fourth-order valence-corrected chi connectivity index (χ4v) is 9.28. The predicted molar refractivity (Wildman–Crippen MR) is 351 cm³/mol. The Labute approximate surface area is 599 Å². The first-order valence-electron chi connectivity index (χ1n) is 30.6. The number of amides is 2. The van der Waals surface area contributed by atoms with E-state index in [0.29, 0.717) is 104 Å². The smallest absolute Gasteiger partial charge is 0 e. The molecule has 21 nitrogen and oxygen atoms in total. The van der Waals surface area contributed by atoms with E-state index in [1.807, 2.05) is 62.3 Å². The molecule has 3 aliphatic heterocycles. The van der Waals surface area contributed by atoms with E-state index in [4.69, 9.17) is 36.7 Å². The van der Waals surface area contributed by atoms with Crippen LogP contribution in [0.5, 0.6) is 0 Å². The van der Waals surface area contributed by atoms with Crippen molar-refractivity contribution < 1.29 is 115 Å². The summed E-state index contributed by atoms with van der Waals surface area (Å²) >= 11 is 0. The Bertz CT molecular complexity index is 3700. The Kier molecular flexibility index (Phi) is 32.9. The number of aromatic amines is 1. The fraction of sp³-hybridized carbons (Fsp3) is 0.500. The minimum absolute atomic E-state index is 0. The molecule has 97 heavy (non-hydrogen) atoms. The molecule has 531 valence electrons. The number of H-pyrrole nitrogens is 1. The molecule has 0 fully saturated rings. The van der Waals surface area contributed by atoms with Gasteiger partial charge in [0.15, 0.2) is 34.9 Å². The summed E-state index contributed by atoms with van der Waals surface area (Å²) in [6.07, 6.45) is 1.56. The third-order valence-electron chi connectivity index (χ3n) is 14.0. The summed E-state index contributed by atoms with van der Waals surface area (Å²) < 4.78 is 128. The van der Waals surface area contributed by atoms with Gasteiger partial charge < -0.3 is 45.2 Å². The Morgan fingerprint density at radius 1 is 0.598 bits per heavy atom. The van der Waals surface area contributed by atoms with E-state index in [1.165, 1.54) is 22.9 Å². The number of carboxylic acids is 1. The van der Waals surface area contributed by atoms with Crippen LogP contribution in [0.25, 0.3) is 33.8 Å². The van der Waals surface area contributed by atoms with Crippen LogP contribution >= 0.6 is 21.7 Å². The van der Waals surface area contributed by atoms with Gasteiger partial charge in [-0.3, -0.25) is 9.89 Å². The Morgan fingerprint density at radius 3 is 1.28 bits per heavy atom. The number of esters is 2. The van der Waals surface area contributed by atoms with Crippen LogP contribution in [0.15, 0.2) is 54.6 Å². The SMILES string of the molecule is C.CC(C)(C)OC(=O)[C@@H](N)C(C)(C)C.CC(C)(C)OC(=O)[C@@H](NC(=O)n1nc(-c2ccc(F)c(F)c2)c2c1CCOC2)C(C)(C)C.CC(C)(C)[C@H](NC(=O)n1nc(-c2ccc(F)c(F)c2)c2c1CCOC2)C(=O)O.ClCl.Fc1ccc(-c2n[nH]c3c2COCC3)cc1F.[3H][B][3H].[C-]#[O+].[U]. The second-order valence-electron chi connectivity index (χ2n) is 26.9. The summed E-state index contributed by atoms with van der Waals surface area (Å²) in [6.45, 7) is 33.8. The van der Waals surface area contributed by atoms with Crippen molar-refractivity contribution in [3.63, 3.8) is 0 Å². The average molecular weight is 1640 g/mol. The van der Waals surface area contributed by atoms with Gasteiger partial charge >= 0.3 is 41.3 Å². The molecule has 6 N–H and O–H groups in total. The zero-order valence-electron chi connectivity index (χ0n) is 58.1. The second-order valence-corrected chi connectivity index (χ2v) is 26.9. The number of carboxylic acid groups (broad SMARTS) is 1. The normalized spacial score (nSPS) is 14.2. The zero-order valence-corrected chi connectivity index (χ0v) is 61.8. The van der Waals surface area contributed by atoms with Crippen molar-refractivity contribution in [1.29, 1.82) is 2.67 Å². The maximum absolute atomic E-state index is 13.8. The summed E-state index contributed by atoms with van der Waals surface area (Å²) in [5.74, 6) is -7.76. The molecule has 0 aliphatic carbocycles. The minimum Gasteiger partial charge on any atom is 0 e. The van der Waals surface area contributed by atoms with Crippen LogP contribution in [0.1, 0.15) is 145 Å². The number of ether oxygens (including phenoxy) is 5. The molecule has 31 heteroatoms. The van der Waals surface area contributed by atoms with Crippen LogP contribution in [0.2, 0.25) is 0 Å². The van der Waals surface area contributed by atoms with Crippen LogP contribution in [-0.2, 0) is 81.8 Å². The summed E-state index contributed by atoms with van der Waals surface area (Å²) in [4.78, 5) is 61.8. The van der Waals surface area contributed by atoms with E-state index in [0.717, 1.165) is 58.8 Å². The summed E-state index contributed by atoms with van der Waals surface area (Å²) in [5, 5.41) is 30.4. The maximum Gasteiger partial charge on any atom is 0 e. The third-order valence-corrected chi connectivity index (χ3v) is 14.0. The number of fused-ring (bicyclic) bond motifs is 3. The standard InChI is InChI=1S/C23H29F2N3O4.C19H21F2N3O4.C12H10F2N2O.C10H21NO2.CO.CH4.BH2.Cl2.U/c1-22(2,3)19(20(29)32-23(4,5)6)26-21(30)28-17-9-10-31-12-14(17)18(27-28)13-7-8-15(24)16(25)11-13;1-19(2,3)16(17(25)26)22-18(27)24-14-6-7-28-9-11(14)15(23-24)10-4-5-12(20)13(21)8-10;13-9-2-1-7(5-10(9)14)12-8-6-17-4-3-11(8)15-16-12;1-9(2,3)7(11)8(12)13-10(4,5)6;1-2;;;1-2;/h7-8,11,19H,9-10,12H2,1-6H3,(H,26,30);4-5,8,16H,6-7,9H2,1-3H3,(H,22,27)(H,25,26);1-2,5H,3-4,6H2,(H,15,16);7H,11H2,1-6H3;;1H4;1H2;;/t19-;16-;;7-;;;;;/m11.1...../s1/i;;;;;;1T2;;. The molecular formula is C66H87BCl2F6N9O12U. The monoisotopic (exact) mass is 1630 g/mol. The van der Waals surface area contributed by atoms with Gasteiger partial charge in [0, 0.05) is 111 Å². The van der Waals surface area contributed by atoms with E-state index in [1.54, 1.807) is 41.5 Å². The predicted octanol–water partition coefficient (Wildman–Crippen LogP) is 12.4. The van der Waals surface area contributed by atoms with E-state index in [9.17, 15) is 55.4 Å². The van der Waals surface area contributed by atoms with Gasteiger partial charge in [0.25, 0.3) is 0 Å². The molecule has 6 aromatic rings. The summed E-state index contributed by atoms with van der Waals surface area (Å²) in [6, 6.07) is 6.65. The largest absolute Gasteiger partial charge is 0 e. The molecular weight excluding hydrogens is 1540 g/mol. The first-order valence-corrected chi connectivity index (χ1v) is 30.6. The number of aliphatic carboxylic acids is 1. The Hall–Kier alpha value is -6.50. The zero-order chi connectivity index (χ0) is 73.9. The van der Waals surface area contributed by atoms with Gasteiger partial charge in [-0.2, -0.15) is 24.7 Å². The maximum atomic E-state index is 13.8. The van der Waals surface area contributed by atoms with Crippen molar-refractivity contribution in [2.45, 2.75) is 180 Å². The number of rotatable bonds is 8. The van der Waals surface area contributed by atoms with Crippen LogP contribution in [0.4, 0.5) is 35.9 Å². The van der Waals surface area contributed by atoms with Crippen LogP contribution in [-0.4, -0.2) is 125 Å². The summed E-state index contributed by atoms with van der Waals surface area (Å²) in [5.41, 5.74) is 9.74. The number of nitrogens with zero attached hydrogens (tertiary/aromatic N) is 5. The molecule has 3 aromatic heterocycles. The molecule has 0 saturated heterocycles. The minimum atomic E-state index is -1.16. The van der Waals surface area contributed by atoms with E-state index in [-0.39, 0.29) is 63.1 Å². The van der Waals surface area contributed by atoms with Crippen LogP contribution in [0, 0.1) is 88.9 Å². The number of aromatic nitrogens is 6. The number of carbonyl (C=O) groups excluding carboxylic acids is 4. The molecule has 0 unspecified atom stereocenters. The van der Waals surface area contributed by atoms with Gasteiger partial charge in [0.1, 0.15) is 29.3 Å². The van der Waals surface area contributed by atoms with Crippen LogP contribution < -0.4 is 16.4 Å². The molecule has 3 aliphatic rings. The van der Waals surface area contributed by atoms with Crippen molar-refractivity contribution in [2.75, 3.05) is 19.8 Å². The third kappa shape index (κ3) is 24.7. The van der Waals surface area contributed by atoms with Crippen molar-refractivity contribution >= 4 is 60.0 Å². The van der Waals surface area contributed by atoms with E-state index in [2.05, 4.69) is 59.4 Å². The van der Waals surface area contributed by atoms with Crippen molar-refractivity contribution in [1.82, 2.24) is 40.4 Å². The number of hydrogen-bond acceptors (Lipinski definition) is 14. The quantitative estimate of drug-likeness (QED) is 0.0311. The molecule has 2 amide bonds. The Morgan fingerprint density at radius 2 is 0.938 bits per heavy atom. The molecule has 0 bridgehead atoms. The summed E-state index contributed by atoms with van der Waals surface area (Å²) in [7, 11) is 8.72. The van der Waals surface area contributed by atoms with Gasteiger partial charge in [-0.05, 0) is 115 Å². The number of carbonyl (C=O) groups is 5. The molecule has 3 atom stereocenters. The second kappa shape index (κ2) is 37.6.